The Bertz CT molecular complexity index is 759. The zero-order chi connectivity index (χ0) is 16.2. The van der Waals surface area contributed by atoms with E-state index in [4.69, 9.17) is 4.42 Å². The zero-order valence-corrected chi connectivity index (χ0v) is 13.9. The quantitative estimate of drug-likeness (QED) is 0.756. The lowest BCUT2D eigenvalue weighted by atomic mass is 10.1. The van der Waals surface area contributed by atoms with Crippen molar-refractivity contribution in [3.05, 3.63) is 60.3 Å². The molecule has 0 aromatic carbocycles. The van der Waals surface area contributed by atoms with Crippen LogP contribution >= 0.6 is 0 Å². The Labute approximate surface area is 142 Å². The van der Waals surface area contributed by atoms with Gasteiger partial charge in [0.2, 0.25) is 0 Å². The molecular formula is C19H24N4O. The number of nitrogens with one attached hydrogen (secondary N) is 1. The van der Waals surface area contributed by atoms with Crippen molar-refractivity contribution in [2.24, 2.45) is 0 Å². The zero-order valence-electron chi connectivity index (χ0n) is 13.9. The maximum absolute atomic E-state index is 5.71. The van der Waals surface area contributed by atoms with Crippen LogP contribution in [0.4, 0.5) is 0 Å². The van der Waals surface area contributed by atoms with Gasteiger partial charge in [0.25, 0.3) is 0 Å². The van der Waals surface area contributed by atoms with Crippen LogP contribution in [0, 0.1) is 0 Å². The largest absolute Gasteiger partial charge is 0.468 e. The molecule has 126 valence electrons. The van der Waals surface area contributed by atoms with Crippen LogP contribution in [-0.4, -0.2) is 34.1 Å². The summed E-state index contributed by atoms with van der Waals surface area (Å²) >= 11 is 0. The smallest absolute Gasteiger partial charge is 0.122 e. The molecule has 1 saturated heterocycles. The van der Waals surface area contributed by atoms with Crippen molar-refractivity contribution in [2.75, 3.05) is 19.6 Å². The lowest BCUT2D eigenvalue weighted by Gasteiger charge is -2.33. The Morgan fingerprint density at radius 2 is 2.04 bits per heavy atom. The predicted molar refractivity (Wildman–Crippen MR) is 93.8 cm³/mol. The fraction of sp³-hybridized carbons (Fsp3) is 0.421. The number of rotatable bonds is 6. The Morgan fingerprint density at radius 3 is 2.88 bits per heavy atom. The summed E-state index contributed by atoms with van der Waals surface area (Å²) in [7, 11) is 0. The Kier molecular flexibility index (Phi) is 4.62. The van der Waals surface area contributed by atoms with Gasteiger partial charge in [0.05, 0.1) is 24.0 Å². The number of piperidine rings is 1. The molecule has 0 aliphatic carbocycles. The Morgan fingerprint density at radius 1 is 1.12 bits per heavy atom. The molecule has 3 aromatic rings. The first-order valence-electron chi connectivity index (χ1n) is 8.81. The number of hydrogen-bond donors (Lipinski definition) is 1. The highest BCUT2D eigenvalue weighted by Gasteiger charge is 2.24. The van der Waals surface area contributed by atoms with Gasteiger partial charge in [-0.15, -0.1) is 0 Å². The van der Waals surface area contributed by atoms with Crippen LogP contribution in [-0.2, 0) is 6.54 Å². The van der Waals surface area contributed by atoms with E-state index in [-0.39, 0.29) is 0 Å². The van der Waals surface area contributed by atoms with E-state index in [9.17, 15) is 0 Å². The van der Waals surface area contributed by atoms with Crippen LogP contribution in [0.1, 0.15) is 36.6 Å². The van der Waals surface area contributed by atoms with Crippen LogP contribution in [0.2, 0.25) is 0 Å². The van der Waals surface area contributed by atoms with Gasteiger partial charge in [-0.25, -0.2) is 4.52 Å². The SMILES string of the molecule is c1coc(C(CNCc2cnn3ccccc23)N2CCCCC2)c1. The third kappa shape index (κ3) is 3.23. The molecule has 0 amide bonds. The summed E-state index contributed by atoms with van der Waals surface area (Å²) in [6.45, 7) is 4.02. The van der Waals surface area contributed by atoms with E-state index >= 15 is 0 Å². The normalized spacial score (nSPS) is 17.3. The molecule has 1 unspecified atom stereocenters. The van der Waals surface area contributed by atoms with Crippen molar-refractivity contribution in [3.8, 4) is 0 Å². The summed E-state index contributed by atoms with van der Waals surface area (Å²) in [4.78, 5) is 2.55. The summed E-state index contributed by atoms with van der Waals surface area (Å²) in [5.41, 5.74) is 2.39. The maximum Gasteiger partial charge on any atom is 0.122 e. The summed E-state index contributed by atoms with van der Waals surface area (Å²) in [6.07, 6.45) is 9.62. The Balaban J connectivity index is 1.43. The van der Waals surface area contributed by atoms with E-state index < -0.39 is 0 Å². The first kappa shape index (κ1) is 15.4. The molecule has 0 spiro atoms. The highest BCUT2D eigenvalue weighted by Crippen LogP contribution is 2.24. The van der Waals surface area contributed by atoms with Gasteiger partial charge in [-0.05, 0) is 50.2 Å². The molecule has 0 saturated carbocycles. The van der Waals surface area contributed by atoms with Crippen molar-refractivity contribution in [3.63, 3.8) is 0 Å². The fourth-order valence-electron chi connectivity index (χ4n) is 3.59. The maximum atomic E-state index is 5.71. The van der Waals surface area contributed by atoms with E-state index in [1.807, 2.05) is 29.0 Å². The Hall–Kier alpha value is -2.11. The molecule has 0 bridgehead atoms. The minimum Gasteiger partial charge on any atom is -0.468 e. The van der Waals surface area contributed by atoms with Crippen molar-refractivity contribution in [1.82, 2.24) is 19.8 Å². The molecule has 24 heavy (non-hydrogen) atoms. The minimum atomic E-state index is 0.308. The van der Waals surface area contributed by atoms with Crippen LogP contribution in [0.15, 0.2) is 53.4 Å². The molecule has 5 heteroatoms. The fourth-order valence-corrected chi connectivity index (χ4v) is 3.59. The van der Waals surface area contributed by atoms with Crippen LogP contribution in [0.25, 0.3) is 5.52 Å². The molecule has 1 aliphatic rings. The molecule has 1 N–H and O–H groups in total. The van der Waals surface area contributed by atoms with E-state index in [2.05, 4.69) is 33.5 Å². The average Bonchev–Trinajstić information content (AvgIpc) is 3.30. The van der Waals surface area contributed by atoms with Crippen molar-refractivity contribution >= 4 is 5.52 Å². The van der Waals surface area contributed by atoms with Gasteiger partial charge in [-0.3, -0.25) is 4.90 Å². The summed E-state index contributed by atoms with van der Waals surface area (Å²) in [5.74, 6) is 1.06. The molecule has 1 aliphatic heterocycles. The molecule has 5 nitrogen and oxygen atoms in total. The third-order valence-electron chi connectivity index (χ3n) is 4.86. The highest BCUT2D eigenvalue weighted by molar-refractivity contribution is 5.53. The standard InChI is InChI=1S/C19H24N4O/c1-3-9-22(10-4-1)18(19-8-6-12-24-19)15-20-13-16-14-21-23-11-5-2-7-17(16)23/h2,5-8,11-12,14,18,20H,1,3-4,9-10,13,15H2. The number of fused-ring (bicyclic) bond motifs is 1. The number of nitrogens with zero attached hydrogens (tertiary/aromatic N) is 3. The molecule has 1 fully saturated rings. The molecule has 0 radical (unpaired) electrons. The number of pyridine rings is 1. The van der Waals surface area contributed by atoms with Crippen LogP contribution in [0.3, 0.4) is 0 Å². The van der Waals surface area contributed by atoms with E-state index in [0.29, 0.717) is 6.04 Å². The molecule has 4 heterocycles. The third-order valence-corrected chi connectivity index (χ3v) is 4.86. The van der Waals surface area contributed by atoms with Gasteiger partial charge in [0, 0.05) is 24.8 Å². The molecule has 4 rings (SSSR count). The first-order chi connectivity index (χ1) is 11.9. The lowest BCUT2D eigenvalue weighted by Crippen LogP contribution is -2.38. The van der Waals surface area contributed by atoms with Gasteiger partial charge in [-0.1, -0.05) is 12.5 Å². The predicted octanol–water partition coefficient (Wildman–Crippen LogP) is 3.24. The lowest BCUT2D eigenvalue weighted by molar-refractivity contribution is 0.142. The van der Waals surface area contributed by atoms with Crippen molar-refractivity contribution < 1.29 is 4.42 Å². The van der Waals surface area contributed by atoms with E-state index in [0.717, 1.165) is 37.5 Å². The summed E-state index contributed by atoms with van der Waals surface area (Å²) in [5, 5.41) is 8.01. The number of aromatic nitrogens is 2. The van der Waals surface area contributed by atoms with Gasteiger partial charge in [0.1, 0.15) is 5.76 Å². The number of likely N-dealkylation sites (tertiary alicyclic amines) is 1. The number of furan rings is 1. The average molecular weight is 324 g/mol. The van der Waals surface area contributed by atoms with Gasteiger partial charge < -0.3 is 9.73 Å². The highest BCUT2D eigenvalue weighted by atomic mass is 16.3. The van der Waals surface area contributed by atoms with E-state index in [1.54, 1.807) is 6.26 Å². The monoisotopic (exact) mass is 324 g/mol. The second-order valence-electron chi connectivity index (χ2n) is 6.46. The summed E-state index contributed by atoms with van der Waals surface area (Å²) in [6, 6.07) is 10.6. The number of hydrogen-bond acceptors (Lipinski definition) is 4. The molecule has 1 atom stereocenters. The minimum absolute atomic E-state index is 0.308. The summed E-state index contributed by atoms with van der Waals surface area (Å²) < 4.78 is 7.63. The molecule has 3 aromatic heterocycles. The van der Waals surface area contributed by atoms with Crippen LogP contribution in [0.5, 0.6) is 0 Å². The topological polar surface area (TPSA) is 45.7 Å². The van der Waals surface area contributed by atoms with Crippen molar-refractivity contribution in [2.45, 2.75) is 31.8 Å². The second kappa shape index (κ2) is 7.20. The first-order valence-corrected chi connectivity index (χ1v) is 8.81. The van der Waals surface area contributed by atoms with Gasteiger partial charge in [-0.2, -0.15) is 5.10 Å². The second-order valence-corrected chi connectivity index (χ2v) is 6.46. The van der Waals surface area contributed by atoms with Gasteiger partial charge >= 0.3 is 0 Å². The van der Waals surface area contributed by atoms with Gasteiger partial charge in [0.15, 0.2) is 0 Å². The molecular weight excluding hydrogens is 300 g/mol. The van der Waals surface area contributed by atoms with E-state index in [1.165, 1.54) is 24.8 Å². The van der Waals surface area contributed by atoms with Crippen molar-refractivity contribution in [1.29, 1.82) is 0 Å². The van der Waals surface area contributed by atoms with Crippen LogP contribution < -0.4 is 5.32 Å².